The van der Waals surface area contributed by atoms with Gasteiger partial charge in [0.1, 0.15) is 0 Å². The summed E-state index contributed by atoms with van der Waals surface area (Å²) in [6.07, 6.45) is 9.03. The maximum absolute atomic E-state index is 6.06. The van der Waals surface area contributed by atoms with E-state index < -0.39 is 0 Å². The maximum Gasteiger partial charge on any atom is 0.185 e. The zero-order valence-corrected chi connectivity index (χ0v) is 17.9. The van der Waals surface area contributed by atoms with Gasteiger partial charge in [-0.25, -0.2) is 4.98 Å². The molecule has 1 aromatic heterocycles. The number of rotatable bonds is 2. The average molecular weight is 376 g/mol. The Labute approximate surface area is 163 Å². The third-order valence-corrected chi connectivity index (χ3v) is 8.93. The van der Waals surface area contributed by atoms with Crippen molar-refractivity contribution in [2.75, 3.05) is 18.0 Å². The van der Waals surface area contributed by atoms with Crippen molar-refractivity contribution in [3.05, 3.63) is 11.1 Å². The summed E-state index contributed by atoms with van der Waals surface area (Å²) >= 11 is 1.85. The van der Waals surface area contributed by atoms with E-state index in [4.69, 9.17) is 10.7 Å². The van der Waals surface area contributed by atoms with E-state index in [0.717, 1.165) is 37.8 Å². The van der Waals surface area contributed by atoms with Crippen molar-refractivity contribution in [1.29, 1.82) is 0 Å². The van der Waals surface area contributed by atoms with Crippen LogP contribution in [0.15, 0.2) is 5.38 Å². The number of hydrogen-bond donors (Lipinski definition) is 1. The van der Waals surface area contributed by atoms with E-state index in [1.165, 1.54) is 42.9 Å². The Bertz CT molecular complexity index is 627. The van der Waals surface area contributed by atoms with Crippen LogP contribution >= 0.6 is 11.3 Å². The van der Waals surface area contributed by atoms with Crippen LogP contribution in [0.25, 0.3) is 0 Å². The van der Waals surface area contributed by atoms with E-state index in [0.29, 0.717) is 22.8 Å². The van der Waals surface area contributed by atoms with Crippen LogP contribution < -0.4 is 10.6 Å². The van der Waals surface area contributed by atoms with E-state index in [1.54, 1.807) is 0 Å². The van der Waals surface area contributed by atoms with Crippen molar-refractivity contribution >= 4 is 16.5 Å². The molecule has 2 N–H and O–H groups in total. The summed E-state index contributed by atoms with van der Waals surface area (Å²) in [5.41, 5.74) is 8.44. The highest BCUT2D eigenvalue weighted by Crippen LogP contribution is 2.59. The standard InChI is InChI=1S/C22H37N3S/c1-21(2)9-10-22(3,4)18-13-15(5-6-17(18)21)19-14-26-20(24-19)25-11-7-16(23)8-12-25/h14-18H,5-13,23H2,1-4H3. The van der Waals surface area contributed by atoms with Gasteiger partial charge in [-0.05, 0) is 67.6 Å². The van der Waals surface area contributed by atoms with Crippen molar-refractivity contribution in [2.24, 2.45) is 28.4 Å². The Kier molecular flexibility index (Phi) is 4.88. The minimum atomic E-state index is 0.387. The van der Waals surface area contributed by atoms with Gasteiger partial charge >= 0.3 is 0 Å². The van der Waals surface area contributed by atoms with Gasteiger partial charge in [-0.15, -0.1) is 11.3 Å². The normalized spacial score (nSPS) is 34.5. The van der Waals surface area contributed by atoms with E-state index in [2.05, 4.69) is 38.0 Å². The lowest BCUT2D eigenvalue weighted by Gasteiger charge is -2.55. The van der Waals surface area contributed by atoms with Gasteiger partial charge in [0.05, 0.1) is 5.69 Å². The maximum atomic E-state index is 6.06. The summed E-state index contributed by atoms with van der Waals surface area (Å²) in [5.74, 6) is 2.41. The van der Waals surface area contributed by atoms with Crippen LogP contribution in [0, 0.1) is 22.7 Å². The van der Waals surface area contributed by atoms with Crippen LogP contribution in [0.1, 0.15) is 84.3 Å². The highest BCUT2D eigenvalue weighted by molar-refractivity contribution is 7.13. The predicted molar refractivity (Wildman–Crippen MR) is 112 cm³/mol. The molecule has 3 nitrogen and oxygen atoms in total. The molecule has 146 valence electrons. The fourth-order valence-electron chi connectivity index (χ4n) is 5.95. The summed E-state index contributed by atoms with van der Waals surface area (Å²) < 4.78 is 0. The van der Waals surface area contributed by atoms with Gasteiger partial charge in [0.25, 0.3) is 0 Å². The largest absolute Gasteiger partial charge is 0.348 e. The van der Waals surface area contributed by atoms with Gasteiger partial charge < -0.3 is 10.6 Å². The number of aromatic nitrogens is 1. The van der Waals surface area contributed by atoms with E-state index >= 15 is 0 Å². The van der Waals surface area contributed by atoms with Gasteiger partial charge in [0.2, 0.25) is 0 Å². The summed E-state index contributed by atoms with van der Waals surface area (Å²) in [5, 5.41) is 3.59. The topological polar surface area (TPSA) is 42.1 Å². The van der Waals surface area contributed by atoms with Crippen molar-refractivity contribution in [2.45, 2.75) is 84.6 Å². The predicted octanol–water partition coefficient (Wildman–Crippen LogP) is 5.42. The number of nitrogens with zero attached hydrogens (tertiary/aromatic N) is 2. The number of fused-ring (bicyclic) bond motifs is 1. The molecule has 2 aliphatic carbocycles. The van der Waals surface area contributed by atoms with E-state index in [1.807, 2.05) is 11.3 Å². The molecule has 1 saturated heterocycles. The summed E-state index contributed by atoms with van der Waals surface area (Å²) in [4.78, 5) is 7.56. The van der Waals surface area contributed by atoms with Crippen LogP contribution in [0.4, 0.5) is 5.13 Å². The molecule has 0 bridgehead atoms. The zero-order valence-electron chi connectivity index (χ0n) is 17.1. The van der Waals surface area contributed by atoms with Gasteiger partial charge in [-0.2, -0.15) is 0 Å². The Hall–Kier alpha value is -0.610. The van der Waals surface area contributed by atoms with Crippen molar-refractivity contribution < 1.29 is 0 Å². The minimum Gasteiger partial charge on any atom is -0.348 e. The van der Waals surface area contributed by atoms with Gasteiger partial charge in [-0.3, -0.25) is 0 Å². The molecule has 0 radical (unpaired) electrons. The third-order valence-electron chi connectivity index (χ3n) is 8.01. The smallest absolute Gasteiger partial charge is 0.185 e. The Balaban J connectivity index is 1.48. The number of hydrogen-bond acceptors (Lipinski definition) is 4. The second-order valence-corrected chi connectivity index (χ2v) is 11.4. The summed E-state index contributed by atoms with van der Waals surface area (Å²) in [6, 6.07) is 0.387. The molecule has 4 heteroatoms. The third kappa shape index (κ3) is 3.44. The molecule has 1 aliphatic heterocycles. The van der Waals surface area contributed by atoms with Crippen LogP contribution in [-0.4, -0.2) is 24.1 Å². The van der Waals surface area contributed by atoms with Crippen molar-refractivity contribution in [3.63, 3.8) is 0 Å². The Morgan fingerprint density at radius 1 is 1.00 bits per heavy atom. The molecule has 3 atom stereocenters. The minimum absolute atomic E-state index is 0.387. The first-order valence-electron chi connectivity index (χ1n) is 10.7. The zero-order chi connectivity index (χ0) is 18.5. The lowest BCUT2D eigenvalue weighted by molar-refractivity contribution is -0.0501. The second kappa shape index (κ2) is 6.77. The molecular weight excluding hydrogens is 338 g/mol. The molecule has 2 saturated carbocycles. The van der Waals surface area contributed by atoms with Gasteiger partial charge in [-0.1, -0.05) is 27.7 Å². The quantitative estimate of drug-likeness (QED) is 0.751. The SMILES string of the molecule is CC1(C)CCC(C)(C)C2CC(c3csc(N4CCC(N)CC4)n3)CCC21. The van der Waals surface area contributed by atoms with Crippen LogP contribution in [0.3, 0.4) is 0 Å². The lowest BCUT2D eigenvalue weighted by atomic mass is 9.49. The molecule has 3 aliphatic rings. The molecule has 3 fully saturated rings. The Morgan fingerprint density at radius 2 is 1.65 bits per heavy atom. The molecule has 0 amide bonds. The first-order chi connectivity index (χ1) is 12.3. The van der Waals surface area contributed by atoms with Crippen molar-refractivity contribution in [1.82, 2.24) is 4.98 Å². The average Bonchev–Trinajstić information content (AvgIpc) is 3.09. The fourth-order valence-corrected chi connectivity index (χ4v) is 6.91. The lowest BCUT2D eigenvalue weighted by Crippen LogP contribution is -2.46. The molecular formula is C22H37N3S. The molecule has 4 rings (SSSR count). The first kappa shape index (κ1) is 18.7. The molecule has 0 spiro atoms. The molecule has 0 aromatic carbocycles. The number of nitrogens with two attached hydrogens (primary N) is 1. The van der Waals surface area contributed by atoms with E-state index in [9.17, 15) is 0 Å². The monoisotopic (exact) mass is 375 g/mol. The number of anilines is 1. The number of piperidine rings is 1. The first-order valence-corrected chi connectivity index (χ1v) is 11.6. The summed E-state index contributed by atoms with van der Waals surface area (Å²) in [7, 11) is 0. The van der Waals surface area contributed by atoms with Crippen LogP contribution in [0.5, 0.6) is 0 Å². The molecule has 1 aromatic rings. The Morgan fingerprint density at radius 3 is 2.35 bits per heavy atom. The van der Waals surface area contributed by atoms with E-state index in [-0.39, 0.29) is 0 Å². The highest BCUT2D eigenvalue weighted by Gasteiger charge is 2.50. The van der Waals surface area contributed by atoms with Gasteiger partial charge in [0.15, 0.2) is 5.13 Å². The second-order valence-electron chi connectivity index (χ2n) is 10.6. The van der Waals surface area contributed by atoms with Crippen LogP contribution in [-0.2, 0) is 0 Å². The number of thiazole rings is 1. The summed E-state index contributed by atoms with van der Waals surface area (Å²) in [6.45, 7) is 12.2. The fraction of sp³-hybridized carbons (Fsp3) is 0.864. The van der Waals surface area contributed by atoms with Gasteiger partial charge in [0, 0.05) is 30.4 Å². The molecule has 26 heavy (non-hydrogen) atoms. The van der Waals surface area contributed by atoms with Crippen molar-refractivity contribution in [3.8, 4) is 0 Å². The highest BCUT2D eigenvalue weighted by atomic mass is 32.1. The molecule has 2 heterocycles. The van der Waals surface area contributed by atoms with Crippen LogP contribution in [0.2, 0.25) is 0 Å². The molecule has 3 unspecified atom stereocenters.